The van der Waals surface area contributed by atoms with Gasteiger partial charge < -0.3 is 5.73 Å². The zero-order valence-corrected chi connectivity index (χ0v) is 12.5. The standard InChI is InChI=1S/C17H33N/c1-13(2)14-9-11-16(12-10-14)17(18)15-7-5-3-4-6-8-15/h13-17H,3-12,18H2,1-2H3. The highest BCUT2D eigenvalue weighted by atomic mass is 14.7. The zero-order chi connectivity index (χ0) is 13.0. The van der Waals surface area contributed by atoms with E-state index in [4.69, 9.17) is 5.73 Å². The highest BCUT2D eigenvalue weighted by Gasteiger charge is 2.31. The highest BCUT2D eigenvalue weighted by molar-refractivity contribution is 4.85. The van der Waals surface area contributed by atoms with E-state index in [9.17, 15) is 0 Å². The first kappa shape index (κ1) is 14.4. The summed E-state index contributed by atoms with van der Waals surface area (Å²) in [5, 5.41) is 0. The van der Waals surface area contributed by atoms with Gasteiger partial charge in [-0.3, -0.25) is 0 Å². The van der Waals surface area contributed by atoms with Crippen molar-refractivity contribution in [3.05, 3.63) is 0 Å². The number of rotatable bonds is 3. The maximum atomic E-state index is 6.61. The fourth-order valence-electron chi connectivity index (χ4n) is 4.28. The Morgan fingerprint density at radius 1 is 0.667 bits per heavy atom. The molecule has 0 radical (unpaired) electrons. The maximum Gasteiger partial charge on any atom is 0.00956 e. The van der Waals surface area contributed by atoms with Gasteiger partial charge in [0.15, 0.2) is 0 Å². The minimum Gasteiger partial charge on any atom is -0.327 e. The molecule has 1 heteroatoms. The summed E-state index contributed by atoms with van der Waals surface area (Å²) >= 11 is 0. The molecule has 0 spiro atoms. The molecule has 106 valence electrons. The van der Waals surface area contributed by atoms with Gasteiger partial charge in [-0.2, -0.15) is 0 Å². The van der Waals surface area contributed by atoms with E-state index in [1.165, 1.54) is 64.2 Å². The van der Waals surface area contributed by atoms with Crippen molar-refractivity contribution >= 4 is 0 Å². The molecular formula is C17H33N. The summed E-state index contributed by atoms with van der Waals surface area (Å²) < 4.78 is 0. The van der Waals surface area contributed by atoms with E-state index in [1.54, 1.807) is 0 Å². The molecule has 1 nitrogen and oxygen atoms in total. The van der Waals surface area contributed by atoms with Gasteiger partial charge in [0.2, 0.25) is 0 Å². The predicted molar refractivity (Wildman–Crippen MR) is 79.5 cm³/mol. The fraction of sp³-hybridized carbons (Fsp3) is 1.00. The Hall–Kier alpha value is -0.0400. The van der Waals surface area contributed by atoms with Crippen molar-refractivity contribution in [1.29, 1.82) is 0 Å². The van der Waals surface area contributed by atoms with Crippen LogP contribution in [0.2, 0.25) is 0 Å². The molecule has 0 saturated heterocycles. The van der Waals surface area contributed by atoms with Crippen LogP contribution in [0.3, 0.4) is 0 Å². The van der Waals surface area contributed by atoms with Gasteiger partial charge in [0, 0.05) is 6.04 Å². The third kappa shape index (κ3) is 3.73. The summed E-state index contributed by atoms with van der Waals surface area (Å²) in [4.78, 5) is 0. The van der Waals surface area contributed by atoms with Crippen LogP contribution in [0.4, 0.5) is 0 Å². The van der Waals surface area contributed by atoms with Crippen molar-refractivity contribution in [2.45, 2.75) is 84.1 Å². The molecule has 1 unspecified atom stereocenters. The third-order valence-electron chi connectivity index (χ3n) is 5.75. The Bertz CT molecular complexity index is 220. The Morgan fingerprint density at radius 2 is 1.11 bits per heavy atom. The summed E-state index contributed by atoms with van der Waals surface area (Å²) in [7, 11) is 0. The van der Waals surface area contributed by atoms with Crippen molar-refractivity contribution in [3.63, 3.8) is 0 Å². The molecule has 0 aliphatic heterocycles. The van der Waals surface area contributed by atoms with Crippen LogP contribution in [0, 0.1) is 23.7 Å². The van der Waals surface area contributed by atoms with Crippen LogP contribution in [-0.2, 0) is 0 Å². The molecular weight excluding hydrogens is 218 g/mol. The summed E-state index contributed by atoms with van der Waals surface area (Å²) in [6.45, 7) is 4.77. The average Bonchev–Trinajstić information content (AvgIpc) is 2.67. The summed E-state index contributed by atoms with van der Waals surface area (Å²) in [5.74, 6) is 3.53. The quantitative estimate of drug-likeness (QED) is 0.720. The van der Waals surface area contributed by atoms with E-state index in [1.807, 2.05) is 0 Å². The molecule has 0 amide bonds. The number of hydrogen-bond acceptors (Lipinski definition) is 1. The van der Waals surface area contributed by atoms with Crippen LogP contribution in [0.25, 0.3) is 0 Å². The lowest BCUT2D eigenvalue weighted by molar-refractivity contribution is 0.171. The first-order valence-corrected chi connectivity index (χ1v) is 8.44. The maximum absolute atomic E-state index is 6.61. The fourth-order valence-corrected chi connectivity index (χ4v) is 4.28. The second kappa shape index (κ2) is 6.93. The smallest absolute Gasteiger partial charge is 0.00956 e. The van der Waals surface area contributed by atoms with Crippen LogP contribution in [0.5, 0.6) is 0 Å². The Labute approximate surface area is 114 Å². The topological polar surface area (TPSA) is 26.0 Å². The highest BCUT2D eigenvalue weighted by Crippen LogP contribution is 2.38. The minimum atomic E-state index is 0.510. The van der Waals surface area contributed by atoms with Crippen LogP contribution in [0.1, 0.15) is 78.1 Å². The Kier molecular flexibility index (Phi) is 5.54. The van der Waals surface area contributed by atoms with E-state index < -0.39 is 0 Å². The summed E-state index contributed by atoms with van der Waals surface area (Å²) in [5.41, 5.74) is 6.61. The minimum absolute atomic E-state index is 0.510. The predicted octanol–water partition coefficient (Wildman–Crippen LogP) is 4.75. The first-order chi connectivity index (χ1) is 8.68. The van der Waals surface area contributed by atoms with Crippen LogP contribution in [-0.4, -0.2) is 6.04 Å². The van der Waals surface area contributed by atoms with Gasteiger partial charge in [-0.1, -0.05) is 39.5 Å². The van der Waals surface area contributed by atoms with E-state index >= 15 is 0 Å². The largest absolute Gasteiger partial charge is 0.327 e. The number of nitrogens with two attached hydrogens (primary N) is 1. The molecule has 2 aliphatic carbocycles. The van der Waals surface area contributed by atoms with Crippen molar-refractivity contribution in [1.82, 2.24) is 0 Å². The second-order valence-electron chi connectivity index (χ2n) is 7.25. The summed E-state index contributed by atoms with van der Waals surface area (Å²) in [6, 6.07) is 0.510. The molecule has 2 rings (SSSR count). The van der Waals surface area contributed by atoms with Crippen LogP contribution >= 0.6 is 0 Å². The van der Waals surface area contributed by atoms with Gasteiger partial charge in [0.1, 0.15) is 0 Å². The molecule has 2 saturated carbocycles. The van der Waals surface area contributed by atoms with E-state index in [2.05, 4.69) is 13.8 Å². The lowest BCUT2D eigenvalue weighted by Crippen LogP contribution is -2.39. The number of hydrogen-bond donors (Lipinski definition) is 1. The van der Waals surface area contributed by atoms with E-state index in [0.717, 1.165) is 23.7 Å². The lowest BCUT2D eigenvalue weighted by atomic mass is 9.71. The Morgan fingerprint density at radius 3 is 1.61 bits per heavy atom. The molecule has 0 aromatic rings. The first-order valence-electron chi connectivity index (χ1n) is 8.44. The molecule has 2 fully saturated rings. The average molecular weight is 251 g/mol. The van der Waals surface area contributed by atoms with E-state index in [-0.39, 0.29) is 0 Å². The van der Waals surface area contributed by atoms with Crippen LogP contribution < -0.4 is 5.73 Å². The second-order valence-corrected chi connectivity index (χ2v) is 7.25. The monoisotopic (exact) mass is 251 g/mol. The summed E-state index contributed by atoms with van der Waals surface area (Å²) in [6.07, 6.45) is 14.2. The van der Waals surface area contributed by atoms with Crippen molar-refractivity contribution < 1.29 is 0 Å². The molecule has 0 aromatic carbocycles. The Balaban J connectivity index is 1.80. The SMILES string of the molecule is CC(C)C1CCC(C(N)C2CCCCCC2)CC1. The van der Waals surface area contributed by atoms with Gasteiger partial charge in [-0.05, 0) is 62.2 Å². The molecule has 0 heterocycles. The normalized spacial score (nSPS) is 33.3. The third-order valence-corrected chi connectivity index (χ3v) is 5.75. The molecule has 18 heavy (non-hydrogen) atoms. The molecule has 2 aliphatic rings. The van der Waals surface area contributed by atoms with Gasteiger partial charge in [-0.15, -0.1) is 0 Å². The zero-order valence-electron chi connectivity index (χ0n) is 12.5. The molecule has 1 atom stereocenters. The molecule has 0 bridgehead atoms. The molecule has 0 aromatic heterocycles. The van der Waals surface area contributed by atoms with Gasteiger partial charge >= 0.3 is 0 Å². The molecule has 2 N–H and O–H groups in total. The van der Waals surface area contributed by atoms with Gasteiger partial charge in [0.25, 0.3) is 0 Å². The van der Waals surface area contributed by atoms with Crippen molar-refractivity contribution in [3.8, 4) is 0 Å². The lowest BCUT2D eigenvalue weighted by Gasteiger charge is -2.37. The van der Waals surface area contributed by atoms with E-state index in [0.29, 0.717) is 6.04 Å². The van der Waals surface area contributed by atoms with Crippen LogP contribution in [0.15, 0.2) is 0 Å². The van der Waals surface area contributed by atoms with Crippen molar-refractivity contribution in [2.75, 3.05) is 0 Å². The van der Waals surface area contributed by atoms with Crippen molar-refractivity contribution in [2.24, 2.45) is 29.4 Å². The van der Waals surface area contributed by atoms with Gasteiger partial charge in [0.05, 0.1) is 0 Å². The van der Waals surface area contributed by atoms with Gasteiger partial charge in [-0.25, -0.2) is 0 Å².